The Bertz CT molecular complexity index is 1040. The van der Waals surface area contributed by atoms with Crippen molar-refractivity contribution in [3.05, 3.63) is 29.3 Å². The zero-order chi connectivity index (χ0) is 27.5. The lowest BCUT2D eigenvalue weighted by molar-refractivity contribution is -0.167. The minimum Gasteiger partial charge on any atom is -0.482 e. The monoisotopic (exact) mass is 532 g/mol. The maximum absolute atomic E-state index is 13.3. The number of Topliss-reactive ketones (excluding diaryl/α,β-unsaturated/α-hetero) is 1. The van der Waals surface area contributed by atoms with Gasteiger partial charge in [0.2, 0.25) is 0 Å². The van der Waals surface area contributed by atoms with Crippen LogP contribution >= 0.6 is 0 Å². The number of ketones is 1. The van der Waals surface area contributed by atoms with Gasteiger partial charge in [-0.2, -0.15) is 0 Å². The second-order valence-electron chi connectivity index (χ2n) is 12.1. The van der Waals surface area contributed by atoms with Gasteiger partial charge in [0, 0.05) is 20.4 Å². The van der Waals surface area contributed by atoms with Crippen molar-refractivity contribution in [2.45, 2.75) is 83.7 Å². The van der Waals surface area contributed by atoms with Gasteiger partial charge in [0.1, 0.15) is 17.1 Å². The summed E-state index contributed by atoms with van der Waals surface area (Å²) < 4.78 is 22.1. The molecular weight excluding hydrogens is 492 g/mol. The topological polar surface area (TPSA) is 105 Å². The van der Waals surface area contributed by atoms with Gasteiger partial charge in [-0.15, -0.1) is 0 Å². The number of carbonyl (C=O) groups is 4. The number of rotatable bonds is 10. The van der Waals surface area contributed by atoms with Gasteiger partial charge in [0.25, 0.3) is 0 Å². The highest BCUT2D eigenvalue weighted by molar-refractivity contribution is 6.76. The second-order valence-corrected chi connectivity index (χ2v) is 17.7. The second kappa shape index (κ2) is 11.4. The van der Waals surface area contributed by atoms with Crippen LogP contribution in [-0.2, 0) is 33.4 Å². The highest BCUT2D eigenvalue weighted by atomic mass is 28.3. The Morgan fingerprint density at radius 3 is 2.24 bits per heavy atom. The Balaban J connectivity index is 1.89. The van der Waals surface area contributed by atoms with E-state index in [0.29, 0.717) is 24.3 Å². The SMILES string of the molecule is CCCOC(=O)[C@H]1[C@H](C(=O)OCC[Si](C)(C)C)[C@@H]2CC(=O)[C@H]1c1cc(OCC(=O)OC(C)(C)C)ccc12. The van der Waals surface area contributed by atoms with Crippen molar-refractivity contribution in [1.29, 1.82) is 0 Å². The first-order valence-corrected chi connectivity index (χ1v) is 16.8. The fraction of sp³-hybridized carbons (Fsp3) is 0.643. The van der Waals surface area contributed by atoms with Crippen LogP contribution in [0.2, 0.25) is 25.7 Å². The van der Waals surface area contributed by atoms with Crippen LogP contribution in [0.25, 0.3) is 0 Å². The number of esters is 3. The Labute approximate surface area is 220 Å². The first-order chi connectivity index (χ1) is 17.2. The largest absolute Gasteiger partial charge is 0.482 e. The Kier molecular flexibility index (Phi) is 8.88. The van der Waals surface area contributed by atoms with Gasteiger partial charge in [-0.1, -0.05) is 32.6 Å². The summed E-state index contributed by atoms with van der Waals surface area (Å²) in [6, 6.07) is 6.05. The van der Waals surface area contributed by atoms with E-state index in [1.54, 1.807) is 32.9 Å². The molecule has 0 saturated heterocycles. The van der Waals surface area contributed by atoms with E-state index in [2.05, 4.69) is 19.6 Å². The summed E-state index contributed by atoms with van der Waals surface area (Å²) in [4.78, 5) is 51.8. The van der Waals surface area contributed by atoms with E-state index < -0.39 is 55.3 Å². The van der Waals surface area contributed by atoms with Crippen molar-refractivity contribution < 1.29 is 38.1 Å². The molecule has 3 aliphatic carbocycles. The number of benzene rings is 1. The van der Waals surface area contributed by atoms with Gasteiger partial charge in [-0.25, -0.2) is 4.79 Å². The van der Waals surface area contributed by atoms with Crippen molar-refractivity contribution in [2.75, 3.05) is 19.8 Å². The van der Waals surface area contributed by atoms with Gasteiger partial charge < -0.3 is 18.9 Å². The van der Waals surface area contributed by atoms with Gasteiger partial charge in [0.15, 0.2) is 6.61 Å². The molecule has 0 aromatic heterocycles. The molecule has 9 heteroatoms. The van der Waals surface area contributed by atoms with Gasteiger partial charge in [-0.05, 0) is 56.5 Å². The van der Waals surface area contributed by atoms with Gasteiger partial charge in [-0.3, -0.25) is 14.4 Å². The summed E-state index contributed by atoms with van der Waals surface area (Å²) in [5, 5.41) is 0. The highest BCUT2D eigenvalue weighted by Gasteiger charge is 2.57. The molecule has 0 radical (unpaired) electrons. The molecule has 1 aromatic rings. The number of ether oxygens (including phenoxy) is 4. The lowest BCUT2D eigenvalue weighted by Crippen LogP contribution is -2.50. The first-order valence-electron chi connectivity index (χ1n) is 13.1. The maximum Gasteiger partial charge on any atom is 0.344 e. The van der Waals surface area contributed by atoms with E-state index in [1.165, 1.54) is 0 Å². The summed E-state index contributed by atoms with van der Waals surface area (Å²) in [5.41, 5.74) is 0.848. The predicted octanol–water partition coefficient (Wildman–Crippen LogP) is 4.63. The molecule has 1 fully saturated rings. The van der Waals surface area contributed by atoms with E-state index in [4.69, 9.17) is 18.9 Å². The van der Waals surface area contributed by atoms with Crippen LogP contribution in [0.15, 0.2) is 18.2 Å². The Morgan fingerprint density at radius 2 is 1.62 bits per heavy atom. The van der Waals surface area contributed by atoms with Crippen molar-refractivity contribution in [3.8, 4) is 5.75 Å². The van der Waals surface area contributed by atoms with Crippen LogP contribution in [0.4, 0.5) is 0 Å². The molecule has 0 amide bonds. The zero-order valence-electron chi connectivity index (χ0n) is 23.1. The molecule has 1 aromatic carbocycles. The minimum atomic E-state index is -1.42. The number of hydrogen-bond acceptors (Lipinski definition) is 8. The van der Waals surface area contributed by atoms with Crippen molar-refractivity contribution in [1.82, 2.24) is 0 Å². The smallest absolute Gasteiger partial charge is 0.344 e. The summed E-state index contributed by atoms with van der Waals surface area (Å²) in [6.07, 6.45) is 0.798. The molecule has 8 nitrogen and oxygen atoms in total. The first kappa shape index (κ1) is 28.9. The number of hydrogen-bond donors (Lipinski definition) is 0. The van der Waals surface area contributed by atoms with Crippen molar-refractivity contribution in [3.63, 3.8) is 0 Å². The van der Waals surface area contributed by atoms with Gasteiger partial charge in [0.05, 0.1) is 31.0 Å². The average molecular weight is 533 g/mol. The third-order valence-corrected chi connectivity index (χ3v) is 8.31. The lowest BCUT2D eigenvalue weighted by atomic mass is 9.55. The van der Waals surface area contributed by atoms with E-state index in [-0.39, 0.29) is 25.4 Å². The van der Waals surface area contributed by atoms with Crippen LogP contribution in [0, 0.1) is 11.8 Å². The Morgan fingerprint density at radius 1 is 0.973 bits per heavy atom. The number of fused-ring (bicyclic) bond motifs is 2. The average Bonchev–Trinajstić information content (AvgIpc) is 2.78. The molecular formula is C28H40O8Si. The molecule has 0 unspecified atom stereocenters. The van der Waals surface area contributed by atoms with Crippen LogP contribution in [0.5, 0.6) is 5.75 Å². The van der Waals surface area contributed by atoms with Crippen LogP contribution < -0.4 is 4.74 Å². The zero-order valence-corrected chi connectivity index (χ0v) is 24.1. The van der Waals surface area contributed by atoms with E-state index in [0.717, 1.165) is 11.6 Å². The molecule has 37 heavy (non-hydrogen) atoms. The Hall–Kier alpha value is -2.68. The summed E-state index contributed by atoms with van der Waals surface area (Å²) in [7, 11) is -1.42. The molecule has 204 valence electrons. The summed E-state index contributed by atoms with van der Waals surface area (Å²) in [5.74, 6) is -4.27. The third-order valence-electron chi connectivity index (χ3n) is 6.61. The van der Waals surface area contributed by atoms with Gasteiger partial charge >= 0.3 is 17.9 Å². The molecule has 4 rings (SSSR count). The molecule has 0 aliphatic heterocycles. The van der Waals surface area contributed by atoms with Crippen LogP contribution in [0.3, 0.4) is 0 Å². The predicted molar refractivity (Wildman–Crippen MR) is 140 cm³/mol. The molecule has 3 aliphatic rings. The molecule has 0 heterocycles. The molecule has 0 spiro atoms. The maximum atomic E-state index is 13.3. The molecule has 1 saturated carbocycles. The molecule has 4 atom stereocenters. The van der Waals surface area contributed by atoms with Crippen LogP contribution in [0.1, 0.15) is 63.5 Å². The molecule has 2 bridgehead atoms. The fourth-order valence-corrected chi connectivity index (χ4v) is 5.72. The van der Waals surface area contributed by atoms with Crippen molar-refractivity contribution >= 4 is 31.8 Å². The lowest BCUT2D eigenvalue weighted by Gasteiger charge is -2.46. The third kappa shape index (κ3) is 7.21. The number of carbonyl (C=O) groups excluding carboxylic acids is 4. The van der Waals surface area contributed by atoms with E-state index >= 15 is 0 Å². The summed E-state index contributed by atoms with van der Waals surface area (Å²) >= 11 is 0. The standard InChI is InChI=1S/C28H40O8Si/c1-8-11-33-27(32)25-23-19-14-17(35-16-22(30)36-28(2,3)4)9-10-18(19)20(15-21(23)29)24(25)26(31)34-12-13-37(5,6)7/h9-10,14,20,23-25H,8,11-13,15-16H2,1-7H3/t20-,23-,24-,25-/m1/s1. The van der Waals surface area contributed by atoms with Crippen molar-refractivity contribution in [2.24, 2.45) is 11.8 Å². The molecule has 0 N–H and O–H groups in total. The van der Waals surface area contributed by atoms with E-state index in [9.17, 15) is 19.2 Å². The quantitative estimate of drug-likeness (QED) is 0.244. The fourth-order valence-electron chi connectivity index (χ4n) is 5.01. The summed E-state index contributed by atoms with van der Waals surface area (Å²) in [6.45, 7) is 14.0. The van der Waals surface area contributed by atoms with Crippen LogP contribution in [-0.4, -0.2) is 57.2 Å². The minimum absolute atomic E-state index is 0.105. The highest BCUT2D eigenvalue weighted by Crippen LogP contribution is 2.55. The van der Waals surface area contributed by atoms with E-state index in [1.807, 2.05) is 13.0 Å². The normalized spacial score (nSPS) is 22.7.